The first-order valence-electron chi connectivity index (χ1n) is 6.11. The Morgan fingerprint density at radius 3 is 2.38 bits per heavy atom. The van der Waals surface area contributed by atoms with Gasteiger partial charge in [0, 0.05) is 14.6 Å². The maximum absolute atomic E-state index is 11.0. The Morgan fingerprint density at radius 2 is 1.76 bits per heavy atom. The molecule has 3 nitrogen and oxygen atoms in total. The predicted octanol–water partition coefficient (Wildman–Crippen LogP) is 4.84. The van der Waals surface area contributed by atoms with Crippen LogP contribution in [0, 0.1) is 0 Å². The lowest BCUT2D eigenvalue weighted by Gasteiger charge is -2.03. The Bertz CT molecular complexity index is 850. The van der Waals surface area contributed by atoms with Crippen molar-refractivity contribution in [3.05, 3.63) is 57.4 Å². The molecule has 0 amide bonds. The zero-order valence-corrected chi connectivity index (χ0v) is 13.1. The normalized spacial score (nSPS) is 10.7. The van der Waals surface area contributed by atoms with Gasteiger partial charge in [0.15, 0.2) is 6.29 Å². The topological polar surface area (TPSA) is 54.4 Å². The summed E-state index contributed by atoms with van der Waals surface area (Å²) in [7, 11) is 0. The molecule has 1 aromatic heterocycles. The van der Waals surface area contributed by atoms with Crippen LogP contribution in [0.3, 0.4) is 0 Å². The Kier molecular flexibility index (Phi) is 3.61. The van der Waals surface area contributed by atoms with Gasteiger partial charge >= 0.3 is 5.97 Å². The molecule has 21 heavy (non-hydrogen) atoms. The van der Waals surface area contributed by atoms with Gasteiger partial charge in [-0.2, -0.15) is 0 Å². The summed E-state index contributed by atoms with van der Waals surface area (Å²) in [6.07, 6.45) is 0.843. The summed E-state index contributed by atoms with van der Waals surface area (Å²) in [6.45, 7) is 0. The van der Waals surface area contributed by atoms with Gasteiger partial charge in [-0.25, -0.2) is 4.79 Å². The molecule has 0 bridgehead atoms. The minimum absolute atomic E-state index is 0.264. The van der Waals surface area contributed by atoms with Gasteiger partial charge in [0.25, 0.3) is 0 Å². The van der Waals surface area contributed by atoms with Crippen molar-refractivity contribution in [1.29, 1.82) is 0 Å². The average Bonchev–Trinajstić information content (AvgIpc) is 2.83. The van der Waals surface area contributed by atoms with Crippen LogP contribution >= 0.6 is 27.3 Å². The lowest BCUT2D eigenvalue weighted by atomic mass is 10.0. The molecule has 3 aromatic rings. The second kappa shape index (κ2) is 5.42. The monoisotopic (exact) mass is 360 g/mol. The predicted molar refractivity (Wildman–Crippen MR) is 87.3 cm³/mol. The SMILES string of the molecule is O=Cc1sc2ccc(-c3ccc(C(=O)O)cc3)cc2c1Br. The fourth-order valence-electron chi connectivity index (χ4n) is 2.15. The molecule has 0 aliphatic carbocycles. The van der Waals surface area contributed by atoms with Gasteiger partial charge in [0.05, 0.1) is 10.4 Å². The lowest BCUT2D eigenvalue weighted by Crippen LogP contribution is -1.94. The van der Waals surface area contributed by atoms with Gasteiger partial charge in [0.1, 0.15) is 0 Å². The number of thiophene rings is 1. The number of fused-ring (bicyclic) bond motifs is 1. The van der Waals surface area contributed by atoms with Gasteiger partial charge < -0.3 is 5.11 Å². The molecule has 0 saturated heterocycles. The van der Waals surface area contributed by atoms with Gasteiger partial charge in [-0.05, 0) is 51.3 Å². The molecule has 0 aliphatic rings. The maximum Gasteiger partial charge on any atom is 0.335 e. The number of carboxylic acid groups (broad SMARTS) is 1. The van der Waals surface area contributed by atoms with Crippen LogP contribution in [0.4, 0.5) is 0 Å². The smallest absolute Gasteiger partial charge is 0.335 e. The molecule has 2 aromatic carbocycles. The fraction of sp³-hybridized carbons (Fsp3) is 0. The van der Waals surface area contributed by atoms with Crippen LogP contribution < -0.4 is 0 Å². The van der Waals surface area contributed by atoms with E-state index in [1.807, 2.05) is 18.2 Å². The molecule has 0 saturated carbocycles. The number of carbonyl (C=O) groups excluding carboxylic acids is 1. The number of aldehydes is 1. The van der Waals surface area contributed by atoms with E-state index in [0.29, 0.717) is 4.88 Å². The van der Waals surface area contributed by atoms with Crippen LogP contribution in [0.25, 0.3) is 21.2 Å². The zero-order chi connectivity index (χ0) is 15.0. The lowest BCUT2D eigenvalue weighted by molar-refractivity contribution is 0.0696. The summed E-state index contributed by atoms with van der Waals surface area (Å²) in [5.74, 6) is -0.937. The molecule has 0 radical (unpaired) electrons. The van der Waals surface area contributed by atoms with Crippen molar-refractivity contribution in [2.24, 2.45) is 0 Å². The summed E-state index contributed by atoms with van der Waals surface area (Å²) >= 11 is 4.89. The molecule has 5 heteroatoms. The average molecular weight is 361 g/mol. The van der Waals surface area contributed by atoms with Crippen LogP contribution in [0.2, 0.25) is 0 Å². The van der Waals surface area contributed by atoms with E-state index in [-0.39, 0.29) is 5.56 Å². The number of rotatable bonds is 3. The highest BCUT2D eigenvalue weighted by Gasteiger charge is 2.10. The van der Waals surface area contributed by atoms with Crippen molar-refractivity contribution in [3.63, 3.8) is 0 Å². The van der Waals surface area contributed by atoms with E-state index in [4.69, 9.17) is 5.11 Å². The molecular weight excluding hydrogens is 352 g/mol. The quantitative estimate of drug-likeness (QED) is 0.679. The molecule has 0 atom stereocenters. The summed E-state index contributed by atoms with van der Waals surface area (Å²) in [6, 6.07) is 12.7. The molecule has 1 heterocycles. The molecule has 1 N–H and O–H groups in total. The first-order chi connectivity index (χ1) is 10.1. The van der Waals surface area contributed by atoms with Crippen LogP contribution in [0.1, 0.15) is 20.0 Å². The van der Waals surface area contributed by atoms with Crippen LogP contribution in [0.5, 0.6) is 0 Å². The molecule has 0 unspecified atom stereocenters. The standard InChI is InChI=1S/C16H9BrO3S/c17-15-12-7-11(5-6-13(12)21-14(15)8-18)9-1-3-10(4-2-9)16(19)20/h1-8H,(H,19,20). The first kappa shape index (κ1) is 14.0. The van der Waals surface area contributed by atoms with Crippen molar-refractivity contribution in [3.8, 4) is 11.1 Å². The van der Waals surface area contributed by atoms with E-state index in [9.17, 15) is 9.59 Å². The number of hydrogen-bond donors (Lipinski definition) is 1. The van der Waals surface area contributed by atoms with E-state index in [0.717, 1.165) is 32.0 Å². The highest BCUT2D eigenvalue weighted by Crippen LogP contribution is 2.37. The molecule has 0 spiro atoms. The Morgan fingerprint density at radius 1 is 1.10 bits per heavy atom. The number of carbonyl (C=O) groups is 2. The molecule has 0 fully saturated rings. The van der Waals surface area contributed by atoms with Gasteiger partial charge in [-0.15, -0.1) is 11.3 Å². The van der Waals surface area contributed by atoms with Gasteiger partial charge in [0.2, 0.25) is 0 Å². The zero-order valence-electron chi connectivity index (χ0n) is 10.7. The molecule has 0 aliphatic heterocycles. The third-order valence-electron chi connectivity index (χ3n) is 3.22. The number of hydrogen-bond acceptors (Lipinski definition) is 3. The first-order valence-corrected chi connectivity index (χ1v) is 7.72. The van der Waals surface area contributed by atoms with Crippen molar-refractivity contribution in [2.75, 3.05) is 0 Å². The number of carboxylic acids is 1. The van der Waals surface area contributed by atoms with Gasteiger partial charge in [-0.3, -0.25) is 4.79 Å². The van der Waals surface area contributed by atoms with E-state index in [1.165, 1.54) is 11.3 Å². The fourth-order valence-corrected chi connectivity index (χ4v) is 3.83. The number of halogens is 1. The third kappa shape index (κ3) is 2.50. The van der Waals surface area contributed by atoms with E-state index >= 15 is 0 Å². The van der Waals surface area contributed by atoms with Crippen molar-refractivity contribution >= 4 is 49.6 Å². The largest absolute Gasteiger partial charge is 0.478 e. The summed E-state index contributed by atoms with van der Waals surface area (Å²) in [5, 5.41) is 9.90. The van der Waals surface area contributed by atoms with Crippen molar-refractivity contribution in [2.45, 2.75) is 0 Å². The highest BCUT2D eigenvalue weighted by molar-refractivity contribution is 9.10. The Balaban J connectivity index is 2.10. The second-order valence-electron chi connectivity index (χ2n) is 4.49. The van der Waals surface area contributed by atoms with Crippen molar-refractivity contribution in [1.82, 2.24) is 0 Å². The van der Waals surface area contributed by atoms with Crippen LogP contribution in [0.15, 0.2) is 46.9 Å². The van der Waals surface area contributed by atoms with E-state index < -0.39 is 5.97 Å². The molecule has 3 rings (SSSR count). The minimum atomic E-state index is -0.937. The van der Waals surface area contributed by atoms with E-state index in [1.54, 1.807) is 24.3 Å². The highest BCUT2D eigenvalue weighted by atomic mass is 79.9. The second-order valence-corrected chi connectivity index (χ2v) is 6.37. The Labute approximate surface area is 133 Å². The summed E-state index contributed by atoms with van der Waals surface area (Å²) < 4.78 is 1.84. The third-order valence-corrected chi connectivity index (χ3v) is 5.44. The van der Waals surface area contributed by atoms with Gasteiger partial charge in [-0.1, -0.05) is 18.2 Å². The Hall–Kier alpha value is -1.98. The molecular formula is C16H9BrO3S. The summed E-state index contributed by atoms with van der Waals surface area (Å²) in [4.78, 5) is 22.5. The number of benzene rings is 2. The van der Waals surface area contributed by atoms with E-state index in [2.05, 4.69) is 15.9 Å². The maximum atomic E-state index is 11.0. The minimum Gasteiger partial charge on any atom is -0.478 e. The number of aromatic carboxylic acids is 1. The van der Waals surface area contributed by atoms with Crippen LogP contribution in [-0.4, -0.2) is 17.4 Å². The van der Waals surface area contributed by atoms with Crippen LogP contribution in [-0.2, 0) is 0 Å². The van der Waals surface area contributed by atoms with Crippen molar-refractivity contribution < 1.29 is 14.7 Å². The summed E-state index contributed by atoms with van der Waals surface area (Å²) in [5.41, 5.74) is 2.18. The molecule has 104 valence electrons.